The summed E-state index contributed by atoms with van der Waals surface area (Å²) >= 11 is 0. The number of pyridine rings is 1. The first-order valence-electron chi connectivity index (χ1n) is 7.63. The van der Waals surface area contributed by atoms with Crippen LogP contribution in [0, 0.1) is 0 Å². The molecule has 2 rings (SSSR count). The first-order valence-corrected chi connectivity index (χ1v) is 7.63. The number of aromatic nitrogens is 1. The van der Waals surface area contributed by atoms with E-state index in [0.29, 0.717) is 12.2 Å². The van der Waals surface area contributed by atoms with Crippen molar-refractivity contribution in [1.29, 1.82) is 0 Å². The molecule has 1 unspecified atom stereocenters. The molecule has 0 saturated carbocycles. The largest absolute Gasteiger partial charge is 0.478 e. The second kappa shape index (κ2) is 6.89. The number of aromatic carboxylic acids is 1. The van der Waals surface area contributed by atoms with Crippen molar-refractivity contribution in [2.24, 2.45) is 0 Å². The molecule has 1 aliphatic heterocycles. The molecule has 1 atom stereocenters. The molecule has 1 aromatic rings. The Bertz CT molecular complexity index is 500. The summed E-state index contributed by atoms with van der Waals surface area (Å²) in [5.74, 6) is 0.0532. The maximum absolute atomic E-state index is 11.3. The van der Waals surface area contributed by atoms with E-state index in [-0.39, 0.29) is 12.0 Å². The molecule has 116 valence electrons. The van der Waals surface area contributed by atoms with Gasteiger partial charge in [-0.1, -0.05) is 13.8 Å². The average molecular weight is 292 g/mol. The molecule has 1 saturated heterocycles. The van der Waals surface area contributed by atoms with Crippen LogP contribution in [0.5, 0.6) is 0 Å². The van der Waals surface area contributed by atoms with Crippen LogP contribution in [-0.4, -0.2) is 41.9 Å². The smallest absolute Gasteiger partial charge is 0.335 e. The van der Waals surface area contributed by atoms with Crippen LogP contribution in [0.3, 0.4) is 0 Å². The Morgan fingerprint density at radius 3 is 2.90 bits per heavy atom. The molecule has 1 N–H and O–H groups in total. The maximum Gasteiger partial charge on any atom is 0.335 e. The summed E-state index contributed by atoms with van der Waals surface area (Å²) in [7, 11) is 0. The number of nitrogens with zero attached hydrogens (tertiary/aromatic N) is 2. The van der Waals surface area contributed by atoms with Gasteiger partial charge in [-0.15, -0.1) is 0 Å². The average Bonchev–Trinajstić information content (AvgIpc) is 2.47. The van der Waals surface area contributed by atoms with Crippen LogP contribution in [0.25, 0.3) is 0 Å². The zero-order chi connectivity index (χ0) is 15.4. The van der Waals surface area contributed by atoms with Crippen LogP contribution < -0.4 is 4.90 Å². The van der Waals surface area contributed by atoms with E-state index in [0.717, 1.165) is 37.4 Å². The summed E-state index contributed by atoms with van der Waals surface area (Å²) in [5, 5.41) is 9.28. The molecule has 0 spiro atoms. The Morgan fingerprint density at radius 2 is 2.29 bits per heavy atom. The predicted molar refractivity (Wildman–Crippen MR) is 82.1 cm³/mol. The van der Waals surface area contributed by atoms with Gasteiger partial charge in [-0.2, -0.15) is 0 Å². The van der Waals surface area contributed by atoms with Gasteiger partial charge in [-0.05, 0) is 37.8 Å². The molecular weight excluding hydrogens is 268 g/mol. The molecule has 0 bridgehead atoms. The standard InChI is InChI=1S/C16H24N2O3/c1-4-21-13-6-5-7-18(10-13)15-9-12(16(19)20)8-14(17-15)11(2)3/h8-9,11,13H,4-7,10H2,1-3H3,(H,19,20). The lowest BCUT2D eigenvalue weighted by atomic mass is 10.1. The normalized spacial score (nSPS) is 19.0. The van der Waals surface area contributed by atoms with E-state index in [1.807, 2.05) is 20.8 Å². The van der Waals surface area contributed by atoms with Crippen molar-refractivity contribution < 1.29 is 14.6 Å². The number of anilines is 1. The van der Waals surface area contributed by atoms with Crippen LogP contribution in [0.1, 0.15) is 55.6 Å². The van der Waals surface area contributed by atoms with Gasteiger partial charge in [0.1, 0.15) is 5.82 Å². The summed E-state index contributed by atoms with van der Waals surface area (Å²) in [6.07, 6.45) is 2.31. The molecule has 21 heavy (non-hydrogen) atoms. The number of piperidine rings is 1. The molecule has 0 aliphatic carbocycles. The third kappa shape index (κ3) is 3.94. The van der Waals surface area contributed by atoms with Crippen LogP contribution in [0.15, 0.2) is 12.1 Å². The molecule has 1 aromatic heterocycles. The van der Waals surface area contributed by atoms with E-state index in [1.165, 1.54) is 0 Å². The summed E-state index contributed by atoms with van der Waals surface area (Å²) in [6, 6.07) is 3.34. The van der Waals surface area contributed by atoms with Crippen molar-refractivity contribution in [3.05, 3.63) is 23.4 Å². The van der Waals surface area contributed by atoms with E-state index in [9.17, 15) is 9.90 Å². The highest BCUT2D eigenvalue weighted by Gasteiger charge is 2.22. The molecular formula is C16H24N2O3. The zero-order valence-electron chi connectivity index (χ0n) is 13.0. The maximum atomic E-state index is 11.3. The van der Waals surface area contributed by atoms with E-state index >= 15 is 0 Å². The molecule has 0 aromatic carbocycles. The van der Waals surface area contributed by atoms with Crippen molar-refractivity contribution in [3.8, 4) is 0 Å². The van der Waals surface area contributed by atoms with Gasteiger partial charge in [0.05, 0.1) is 11.7 Å². The number of rotatable bonds is 5. The van der Waals surface area contributed by atoms with Crippen molar-refractivity contribution >= 4 is 11.8 Å². The molecule has 1 aliphatic rings. The third-order valence-corrected chi connectivity index (χ3v) is 3.77. The fraction of sp³-hybridized carbons (Fsp3) is 0.625. The fourth-order valence-corrected chi connectivity index (χ4v) is 2.64. The van der Waals surface area contributed by atoms with Crippen LogP contribution in [0.2, 0.25) is 0 Å². The Hall–Kier alpha value is -1.62. The van der Waals surface area contributed by atoms with Crippen molar-refractivity contribution in [1.82, 2.24) is 4.98 Å². The van der Waals surface area contributed by atoms with Gasteiger partial charge in [0, 0.05) is 25.4 Å². The molecule has 0 radical (unpaired) electrons. The Morgan fingerprint density at radius 1 is 1.52 bits per heavy atom. The molecule has 1 fully saturated rings. The first kappa shape index (κ1) is 15.8. The van der Waals surface area contributed by atoms with E-state index in [1.54, 1.807) is 12.1 Å². The highest BCUT2D eigenvalue weighted by Crippen LogP contribution is 2.24. The van der Waals surface area contributed by atoms with Gasteiger partial charge in [-0.3, -0.25) is 0 Å². The minimum Gasteiger partial charge on any atom is -0.478 e. The highest BCUT2D eigenvalue weighted by molar-refractivity contribution is 5.88. The first-order chi connectivity index (χ1) is 10.0. The molecule has 2 heterocycles. The summed E-state index contributed by atoms with van der Waals surface area (Å²) in [6.45, 7) is 8.43. The monoisotopic (exact) mass is 292 g/mol. The lowest BCUT2D eigenvalue weighted by Crippen LogP contribution is -2.40. The van der Waals surface area contributed by atoms with Gasteiger partial charge in [-0.25, -0.2) is 9.78 Å². The molecule has 5 heteroatoms. The van der Waals surface area contributed by atoms with Gasteiger partial charge in [0.15, 0.2) is 0 Å². The number of hydrogen-bond acceptors (Lipinski definition) is 4. The Balaban J connectivity index is 2.27. The Labute approximate surface area is 125 Å². The minimum atomic E-state index is -0.904. The lowest BCUT2D eigenvalue weighted by Gasteiger charge is -2.33. The second-order valence-corrected chi connectivity index (χ2v) is 5.76. The topological polar surface area (TPSA) is 62.7 Å². The van der Waals surface area contributed by atoms with Gasteiger partial charge >= 0.3 is 5.97 Å². The second-order valence-electron chi connectivity index (χ2n) is 5.76. The van der Waals surface area contributed by atoms with Gasteiger partial charge in [0.2, 0.25) is 0 Å². The summed E-state index contributed by atoms with van der Waals surface area (Å²) in [4.78, 5) is 18.1. The van der Waals surface area contributed by atoms with Crippen molar-refractivity contribution in [2.45, 2.75) is 45.6 Å². The molecule has 5 nitrogen and oxygen atoms in total. The Kier molecular flexibility index (Phi) is 5.17. The minimum absolute atomic E-state index is 0.204. The van der Waals surface area contributed by atoms with Gasteiger partial charge < -0.3 is 14.7 Å². The lowest BCUT2D eigenvalue weighted by molar-refractivity contribution is 0.0525. The summed E-state index contributed by atoms with van der Waals surface area (Å²) in [5.41, 5.74) is 1.13. The third-order valence-electron chi connectivity index (χ3n) is 3.77. The quantitative estimate of drug-likeness (QED) is 0.904. The van der Waals surface area contributed by atoms with Crippen molar-refractivity contribution in [2.75, 3.05) is 24.6 Å². The van der Waals surface area contributed by atoms with Crippen LogP contribution in [0.4, 0.5) is 5.82 Å². The van der Waals surface area contributed by atoms with E-state index < -0.39 is 5.97 Å². The van der Waals surface area contributed by atoms with Gasteiger partial charge in [0.25, 0.3) is 0 Å². The predicted octanol–water partition coefficient (Wildman–Crippen LogP) is 2.91. The van der Waals surface area contributed by atoms with E-state index in [4.69, 9.17) is 4.74 Å². The van der Waals surface area contributed by atoms with Crippen LogP contribution in [-0.2, 0) is 4.74 Å². The summed E-state index contributed by atoms with van der Waals surface area (Å²) < 4.78 is 5.70. The SMILES string of the molecule is CCOC1CCCN(c2cc(C(=O)O)cc(C(C)C)n2)C1. The van der Waals surface area contributed by atoms with E-state index in [2.05, 4.69) is 9.88 Å². The number of carboxylic acids is 1. The number of carbonyl (C=O) groups is 1. The van der Waals surface area contributed by atoms with Crippen molar-refractivity contribution in [3.63, 3.8) is 0 Å². The molecule has 0 amide bonds. The number of ether oxygens (including phenoxy) is 1. The highest BCUT2D eigenvalue weighted by atomic mass is 16.5. The fourth-order valence-electron chi connectivity index (χ4n) is 2.64. The number of carboxylic acid groups (broad SMARTS) is 1. The number of hydrogen-bond donors (Lipinski definition) is 1. The van der Waals surface area contributed by atoms with Crippen LogP contribution >= 0.6 is 0 Å². The zero-order valence-corrected chi connectivity index (χ0v) is 13.0.